The molecule has 2 rings (SSSR count). The Kier molecular flexibility index (Phi) is 6.61. The maximum absolute atomic E-state index is 12.2. The minimum atomic E-state index is -0.774. The van der Waals surface area contributed by atoms with Crippen LogP contribution in [-0.4, -0.2) is 66.6 Å². The van der Waals surface area contributed by atoms with Crippen molar-refractivity contribution >= 4 is 11.9 Å². The maximum Gasteiger partial charge on any atom is 0.308 e. The molecule has 0 saturated carbocycles. The topological polar surface area (TPSA) is 70.1 Å². The Bertz CT molecular complexity index is 549. The number of nitrogens with zero attached hydrogens (tertiary/aromatic N) is 2. The van der Waals surface area contributed by atoms with Gasteiger partial charge in [-0.1, -0.05) is 25.1 Å². The normalized spacial score (nSPS) is 20.8. The van der Waals surface area contributed by atoms with Gasteiger partial charge >= 0.3 is 5.97 Å². The third kappa shape index (κ3) is 5.23. The number of hydrogen-bond acceptors (Lipinski definition) is 4. The number of benzene rings is 1. The highest BCUT2D eigenvalue weighted by Crippen LogP contribution is 2.22. The van der Waals surface area contributed by atoms with E-state index in [-0.39, 0.29) is 24.3 Å². The van der Waals surface area contributed by atoms with Crippen molar-refractivity contribution in [1.29, 1.82) is 0 Å². The molecular weight excluding hydrogens is 308 g/mol. The molecule has 0 aromatic heterocycles. The maximum atomic E-state index is 12.2. The molecule has 1 aromatic rings. The van der Waals surface area contributed by atoms with Crippen LogP contribution in [0.15, 0.2) is 30.3 Å². The number of carboxylic acids is 1. The Morgan fingerprint density at radius 2 is 2.00 bits per heavy atom. The van der Waals surface area contributed by atoms with Crippen LogP contribution < -0.4 is 4.74 Å². The molecule has 1 N–H and O–H groups in total. The van der Waals surface area contributed by atoms with Gasteiger partial charge in [-0.3, -0.25) is 14.5 Å². The zero-order valence-electron chi connectivity index (χ0n) is 14.4. The van der Waals surface area contributed by atoms with E-state index in [1.54, 1.807) is 11.9 Å². The van der Waals surface area contributed by atoms with Gasteiger partial charge in [-0.2, -0.15) is 0 Å². The lowest BCUT2D eigenvalue weighted by atomic mass is 9.99. The van der Waals surface area contributed by atoms with Crippen molar-refractivity contribution in [2.45, 2.75) is 13.3 Å². The molecular formula is C18H26N2O4. The highest BCUT2D eigenvalue weighted by molar-refractivity contribution is 5.78. The average molecular weight is 334 g/mol. The van der Waals surface area contributed by atoms with Crippen molar-refractivity contribution in [3.63, 3.8) is 0 Å². The van der Waals surface area contributed by atoms with E-state index in [0.717, 1.165) is 12.2 Å². The second kappa shape index (κ2) is 8.68. The monoisotopic (exact) mass is 334 g/mol. The lowest BCUT2D eigenvalue weighted by Crippen LogP contribution is -2.38. The van der Waals surface area contributed by atoms with E-state index < -0.39 is 5.97 Å². The summed E-state index contributed by atoms with van der Waals surface area (Å²) in [6.07, 6.45) is 0.755. The predicted octanol–water partition coefficient (Wildman–Crippen LogP) is 1.57. The first-order valence-corrected chi connectivity index (χ1v) is 8.34. The highest BCUT2D eigenvalue weighted by atomic mass is 16.5. The van der Waals surface area contributed by atoms with E-state index in [1.807, 2.05) is 42.2 Å². The molecule has 6 heteroatoms. The quantitative estimate of drug-likeness (QED) is 0.731. The van der Waals surface area contributed by atoms with Gasteiger partial charge in [-0.15, -0.1) is 0 Å². The first-order valence-electron chi connectivity index (χ1n) is 8.34. The molecule has 1 saturated heterocycles. The standard InChI is InChI=1S/C18H26N2O4/c1-14-11-20(12-16(14)18(22)23)13-17(21)19(2)9-6-10-24-15-7-4-3-5-8-15/h3-5,7-8,14,16H,6,9-13H2,1-2H3,(H,22,23)/t14-,16-/m1/s1. The summed E-state index contributed by atoms with van der Waals surface area (Å²) >= 11 is 0. The minimum Gasteiger partial charge on any atom is -0.494 e. The molecule has 2 atom stereocenters. The molecule has 1 heterocycles. The van der Waals surface area contributed by atoms with Gasteiger partial charge in [0, 0.05) is 26.7 Å². The van der Waals surface area contributed by atoms with Crippen LogP contribution in [0.2, 0.25) is 0 Å². The first-order chi connectivity index (χ1) is 11.5. The Balaban J connectivity index is 1.66. The molecule has 1 aliphatic rings. The number of para-hydroxylation sites is 1. The number of ether oxygens (including phenoxy) is 1. The van der Waals surface area contributed by atoms with Crippen LogP contribution in [0.1, 0.15) is 13.3 Å². The molecule has 1 amide bonds. The molecule has 24 heavy (non-hydrogen) atoms. The molecule has 1 aromatic carbocycles. The van der Waals surface area contributed by atoms with Crippen LogP contribution in [-0.2, 0) is 9.59 Å². The largest absolute Gasteiger partial charge is 0.494 e. The Morgan fingerprint density at radius 1 is 1.29 bits per heavy atom. The van der Waals surface area contributed by atoms with Crippen molar-refractivity contribution in [2.24, 2.45) is 11.8 Å². The van der Waals surface area contributed by atoms with Crippen molar-refractivity contribution in [3.05, 3.63) is 30.3 Å². The zero-order valence-corrected chi connectivity index (χ0v) is 14.4. The third-order valence-corrected chi connectivity index (χ3v) is 4.44. The molecule has 0 bridgehead atoms. The van der Waals surface area contributed by atoms with E-state index in [4.69, 9.17) is 9.84 Å². The summed E-state index contributed by atoms with van der Waals surface area (Å²) < 4.78 is 5.61. The smallest absolute Gasteiger partial charge is 0.308 e. The number of hydrogen-bond donors (Lipinski definition) is 1. The van der Waals surface area contributed by atoms with Crippen molar-refractivity contribution in [1.82, 2.24) is 9.80 Å². The number of rotatable bonds is 8. The van der Waals surface area contributed by atoms with Gasteiger partial charge in [-0.25, -0.2) is 0 Å². The molecule has 0 unspecified atom stereocenters. The summed E-state index contributed by atoms with van der Waals surface area (Å²) in [5, 5.41) is 9.15. The Morgan fingerprint density at radius 3 is 2.62 bits per heavy atom. The van der Waals surface area contributed by atoms with Gasteiger partial charge in [0.05, 0.1) is 19.1 Å². The summed E-state index contributed by atoms with van der Waals surface area (Å²) in [6.45, 7) is 4.50. The van der Waals surface area contributed by atoms with E-state index in [0.29, 0.717) is 26.2 Å². The lowest BCUT2D eigenvalue weighted by Gasteiger charge is -2.21. The molecule has 0 radical (unpaired) electrons. The SMILES string of the molecule is C[C@@H]1CN(CC(=O)N(C)CCCOc2ccccc2)C[C@H]1C(=O)O. The van der Waals surface area contributed by atoms with Crippen LogP contribution in [0, 0.1) is 11.8 Å². The van der Waals surface area contributed by atoms with Gasteiger partial charge in [0.15, 0.2) is 0 Å². The van der Waals surface area contributed by atoms with Crippen LogP contribution in [0.4, 0.5) is 0 Å². The van der Waals surface area contributed by atoms with Gasteiger partial charge in [0.25, 0.3) is 0 Å². The first kappa shape index (κ1) is 18.3. The lowest BCUT2D eigenvalue weighted by molar-refractivity contribution is -0.142. The van der Waals surface area contributed by atoms with E-state index in [9.17, 15) is 9.59 Å². The molecule has 0 aliphatic carbocycles. The van der Waals surface area contributed by atoms with Gasteiger partial charge in [-0.05, 0) is 24.5 Å². The number of likely N-dealkylation sites (tertiary alicyclic amines) is 1. The number of carbonyl (C=O) groups excluding carboxylic acids is 1. The van der Waals surface area contributed by atoms with Crippen LogP contribution in [0.5, 0.6) is 5.75 Å². The second-order valence-corrected chi connectivity index (χ2v) is 6.45. The number of carboxylic acid groups (broad SMARTS) is 1. The van der Waals surface area contributed by atoms with E-state index in [2.05, 4.69) is 0 Å². The van der Waals surface area contributed by atoms with E-state index >= 15 is 0 Å². The number of amides is 1. The number of carbonyl (C=O) groups is 2. The number of aliphatic carboxylic acids is 1. The fraction of sp³-hybridized carbons (Fsp3) is 0.556. The average Bonchev–Trinajstić information content (AvgIpc) is 2.93. The molecule has 6 nitrogen and oxygen atoms in total. The van der Waals surface area contributed by atoms with Gasteiger partial charge < -0.3 is 14.7 Å². The summed E-state index contributed by atoms with van der Waals surface area (Å²) in [4.78, 5) is 27.0. The molecule has 1 aliphatic heterocycles. The predicted molar refractivity (Wildman–Crippen MR) is 90.9 cm³/mol. The zero-order chi connectivity index (χ0) is 17.5. The molecule has 132 valence electrons. The fourth-order valence-corrected chi connectivity index (χ4v) is 2.96. The van der Waals surface area contributed by atoms with Crippen LogP contribution >= 0.6 is 0 Å². The summed E-state index contributed by atoms with van der Waals surface area (Å²) in [5.74, 6) is -0.212. The van der Waals surface area contributed by atoms with E-state index in [1.165, 1.54) is 0 Å². The fourth-order valence-electron chi connectivity index (χ4n) is 2.96. The Labute approximate surface area is 143 Å². The summed E-state index contributed by atoms with van der Waals surface area (Å²) in [5.41, 5.74) is 0. The highest BCUT2D eigenvalue weighted by Gasteiger charge is 2.35. The van der Waals surface area contributed by atoms with Crippen LogP contribution in [0.3, 0.4) is 0 Å². The molecule has 1 fully saturated rings. The Hall–Kier alpha value is -2.08. The second-order valence-electron chi connectivity index (χ2n) is 6.45. The van der Waals surface area contributed by atoms with Crippen molar-refractivity contribution in [2.75, 3.05) is 39.8 Å². The van der Waals surface area contributed by atoms with Gasteiger partial charge in [0.2, 0.25) is 5.91 Å². The third-order valence-electron chi connectivity index (χ3n) is 4.44. The summed E-state index contributed by atoms with van der Waals surface area (Å²) in [7, 11) is 1.78. The number of likely N-dealkylation sites (N-methyl/N-ethyl adjacent to an activating group) is 1. The van der Waals surface area contributed by atoms with Crippen molar-refractivity contribution < 1.29 is 19.4 Å². The van der Waals surface area contributed by atoms with Crippen LogP contribution in [0.25, 0.3) is 0 Å². The molecule has 0 spiro atoms. The minimum absolute atomic E-state index is 0.0212. The van der Waals surface area contributed by atoms with Crippen molar-refractivity contribution in [3.8, 4) is 5.75 Å². The summed E-state index contributed by atoms with van der Waals surface area (Å²) in [6, 6.07) is 9.59. The van der Waals surface area contributed by atoms with Gasteiger partial charge in [0.1, 0.15) is 5.75 Å².